The Hall–Kier alpha value is -1.56. The van der Waals surface area contributed by atoms with Gasteiger partial charge in [-0.15, -0.1) is 0 Å². The lowest BCUT2D eigenvalue weighted by molar-refractivity contribution is 0.484. The zero-order chi connectivity index (χ0) is 14.8. The van der Waals surface area contributed by atoms with E-state index >= 15 is 0 Å². The van der Waals surface area contributed by atoms with E-state index in [4.69, 9.17) is 0 Å². The second-order valence-electron chi connectivity index (χ2n) is 6.77. The van der Waals surface area contributed by atoms with E-state index in [1.54, 1.807) is 16.7 Å². The summed E-state index contributed by atoms with van der Waals surface area (Å²) in [6.07, 6.45) is 3.91. The van der Waals surface area contributed by atoms with E-state index in [1.165, 1.54) is 24.8 Å². The van der Waals surface area contributed by atoms with Crippen molar-refractivity contribution in [3.63, 3.8) is 0 Å². The highest BCUT2D eigenvalue weighted by Gasteiger charge is 2.27. The lowest BCUT2D eigenvalue weighted by Gasteiger charge is -2.32. The number of fused-ring (bicyclic) bond motifs is 1. The van der Waals surface area contributed by atoms with Gasteiger partial charge in [0, 0.05) is 0 Å². The third-order valence-electron chi connectivity index (χ3n) is 5.13. The van der Waals surface area contributed by atoms with Gasteiger partial charge < -0.3 is 0 Å². The van der Waals surface area contributed by atoms with Crippen LogP contribution in [0.25, 0.3) is 0 Å². The van der Waals surface area contributed by atoms with Gasteiger partial charge in [0.1, 0.15) is 0 Å². The summed E-state index contributed by atoms with van der Waals surface area (Å²) in [6.45, 7) is 7.04. The summed E-state index contributed by atoms with van der Waals surface area (Å²) in [7, 11) is 0. The topological polar surface area (TPSA) is 0 Å². The Labute approximate surface area is 129 Å². The largest absolute Gasteiger partial charge is 0.0620 e. The zero-order valence-corrected chi connectivity index (χ0v) is 13.5. The normalized spacial score (nSPS) is 19.3. The molecule has 21 heavy (non-hydrogen) atoms. The first-order valence-electron chi connectivity index (χ1n) is 8.35. The van der Waals surface area contributed by atoms with Gasteiger partial charge >= 0.3 is 0 Å². The molecule has 3 rings (SSSR count). The lowest BCUT2D eigenvalue weighted by Crippen LogP contribution is -2.16. The molecule has 0 amide bonds. The summed E-state index contributed by atoms with van der Waals surface area (Å²) < 4.78 is 0. The van der Waals surface area contributed by atoms with Crippen LogP contribution in [0.5, 0.6) is 0 Å². The van der Waals surface area contributed by atoms with E-state index in [0.717, 1.165) is 0 Å². The van der Waals surface area contributed by atoms with Crippen molar-refractivity contribution in [1.82, 2.24) is 0 Å². The molecule has 0 aromatic heterocycles. The molecule has 0 saturated heterocycles. The summed E-state index contributed by atoms with van der Waals surface area (Å²) in [5.74, 6) is 1.88. The van der Waals surface area contributed by atoms with E-state index in [9.17, 15) is 0 Å². The van der Waals surface area contributed by atoms with Crippen molar-refractivity contribution in [1.29, 1.82) is 0 Å². The number of hydrogen-bond acceptors (Lipinski definition) is 0. The van der Waals surface area contributed by atoms with Crippen LogP contribution in [0.3, 0.4) is 0 Å². The average Bonchev–Trinajstić information content (AvgIpc) is 2.53. The Kier molecular flexibility index (Phi) is 4.14. The lowest BCUT2D eigenvalue weighted by atomic mass is 9.72. The van der Waals surface area contributed by atoms with Crippen LogP contribution in [-0.2, 0) is 6.42 Å². The molecule has 1 aliphatic rings. The van der Waals surface area contributed by atoms with Gasteiger partial charge in [0.05, 0.1) is 0 Å². The number of rotatable bonds is 3. The predicted octanol–water partition coefficient (Wildman–Crippen LogP) is 6.03. The third-order valence-corrected chi connectivity index (χ3v) is 5.13. The van der Waals surface area contributed by atoms with Gasteiger partial charge in [0.2, 0.25) is 0 Å². The fourth-order valence-corrected chi connectivity index (χ4v) is 3.98. The van der Waals surface area contributed by atoms with E-state index in [1.807, 2.05) is 0 Å². The SMILES string of the molecule is CC(C)c1ccccc1C(C)C1CCCc2ccccc21. The van der Waals surface area contributed by atoms with Crippen molar-refractivity contribution in [3.05, 3.63) is 70.8 Å². The molecule has 0 heterocycles. The Bertz CT molecular complexity index is 609. The van der Waals surface area contributed by atoms with Crippen molar-refractivity contribution in [2.75, 3.05) is 0 Å². The molecule has 0 radical (unpaired) electrons. The highest BCUT2D eigenvalue weighted by atomic mass is 14.3. The maximum Gasteiger partial charge on any atom is -0.00928 e. The fraction of sp³-hybridized carbons (Fsp3) is 0.429. The van der Waals surface area contributed by atoms with Gasteiger partial charge in [-0.2, -0.15) is 0 Å². The highest BCUT2D eigenvalue weighted by Crippen LogP contribution is 2.43. The van der Waals surface area contributed by atoms with Gasteiger partial charge in [-0.3, -0.25) is 0 Å². The van der Waals surface area contributed by atoms with Crippen LogP contribution < -0.4 is 0 Å². The van der Waals surface area contributed by atoms with Crippen LogP contribution in [0.15, 0.2) is 48.5 Å². The summed E-state index contributed by atoms with van der Waals surface area (Å²) >= 11 is 0. The molecule has 0 nitrogen and oxygen atoms in total. The molecule has 1 aliphatic carbocycles. The van der Waals surface area contributed by atoms with E-state index in [2.05, 4.69) is 69.3 Å². The molecule has 0 aliphatic heterocycles. The monoisotopic (exact) mass is 278 g/mol. The van der Waals surface area contributed by atoms with Crippen molar-refractivity contribution >= 4 is 0 Å². The van der Waals surface area contributed by atoms with Crippen molar-refractivity contribution in [3.8, 4) is 0 Å². The van der Waals surface area contributed by atoms with Gasteiger partial charge in [-0.05, 0) is 59.3 Å². The van der Waals surface area contributed by atoms with Crippen molar-refractivity contribution in [2.24, 2.45) is 0 Å². The highest BCUT2D eigenvalue weighted by molar-refractivity contribution is 5.39. The van der Waals surface area contributed by atoms with Crippen LogP contribution in [0.4, 0.5) is 0 Å². The minimum absolute atomic E-state index is 0.600. The molecule has 0 spiro atoms. The molecule has 2 aromatic carbocycles. The third kappa shape index (κ3) is 2.77. The molecule has 2 aromatic rings. The molecule has 2 atom stereocenters. The number of aryl methyl sites for hydroxylation is 1. The summed E-state index contributed by atoms with van der Waals surface area (Å²) in [5, 5.41) is 0. The van der Waals surface area contributed by atoms with Crippen molar-refractivity contribution in [2.45, 2.75) is 57.8 Å². The van der Waals surface area contributed by atoms with Crippen LogP contribution >= 0.6 is 0 Å². The Morgan fingerprint density at radius 1 is 0.857 bits per heavy atom. The molecule has 0 N–H and O–H groups in total. The molecule has 0 saturated carbocycles. The standard InChI is InChI=1S/C21H26/c1-15(2)18-11-6-7-12-19(18)16(3)20-14-8-10-17-9-4-5-13-21(17)20/h4-7,9,11-13,15-16,20H,8,10,14H2,1-3H3. The summed E-state index contributed by atoms with van der Waals surface area (Å²) in [4.78, 5) is 0. The molecule has 2 unspecified atom stereocenters. The maximum atomic E-state index is 2.42. The summed E-state index contributed by atoms with van der Waals surface area (Å²) in [6, 6.07) is 18.1. The minimum atomic E-state index is 0.600. The fourth-order valence-electron chi connectivity index (χ4n) is 3.98. The Balaban J connectivity index is 1.99. The average molecular weight is 278 g/mol. The van der Waals surface area contributed by atoms with E-state index in [-0.39, 0.29) is 0 Å². The first kappa shape index (κ1) is 14.4. The molecule has 0 heteroatoms. The second-order valence-corrected chi connectivity index (χ2v) is 6.77. The first-order valence-corrected chi connectivity index (χ1v) is 8.35. The predicted molar refractivity (Wildman–Crippen MR) is 91.1 cm³/mol. The van der Waals surface area contributed by atoms with Gasteiger partial charge in [-0.25, -0.2) is 0 Å². The van der Waals surface area contributed by atoms with Crippen LogP contribution in [0.2, 0.25) is 0 Å². The number of hydrogen-bond donors (Lipinski definition) is 0. The Morgan fingerprint density at radius 2 is 1.52 bits per heavy atom. The first-order chi connectivity index (χ1) is 10.2. The molecular weight excluding hydrogens is 252 g/mol. The van der Waals surface area contributed by atoms with Gasteiger partial charge in [-0.1, -0.05) is 69.3 Å². The van der Waals surface area contributed by atoms with Crippen LogP contribution in [0, 0.1) is 0 Å². The smallest absolute Gasteiger partial charge is 0.00928 e. The summed E-state index contributed by atoms with van der Waals surface area (Å²) in [5.41, 5.74) is 6.24. The molecule has 0 bridgehead atoms. The van der Waals surface area contributed by atoms with Gasteiger partial charge in [0.25, 0.3) is 0 Å². The van der Waals surface area contributed by atoms with Gasteiger partial charge in [0.15, 0.2) is 0 Å². The second kappa shape index (κ2) is 6.05. The zero-order valence-electron chi connectivity index (χ0n) is 13.5. The Morgan fingerprint density at radius 3 is 2.29 bits per heavy atom. The van der Waals surface area contributed by atoms with Crippen LogP contribution in [-0.4, -0.2) is 0 Å². The molecular formula is C21H26. The number of benzene rings is 2. The van der Waals surface area contributed by atoms with E-state index < -0.39 is 0 Å². The van der Waals surface area contributed by atoms with Crippen molar-refractivity contribution < 1.29 is 0 Å². The van der Waals surface area contributed by atoms with E-state index in [0.29, 0.717) is 17.8 Å². The maximum absolute atomic E-state index is 2.42. The molecule has 110 valence electrons. The quantitative estimate of drug-likeness (QED) is 0.642. The van der Waals surface area contributed by atoms with Crippen LogP contribution in [0.1, 0.15) is 73.6 Å². The molecule has 0 fully saturated rings. The minimum Gasteiger partial charge on any atom is -0.0620 e.